The highest BCUT2D eigenvalue weighted by Gasteiger charge is 2.44. The lowest BCUT2D eigenvalue weighted by Crippen LogP contribution is -2.49. The summed E-state index contributed by atoms with van der Waals surface area (Å²) in [7, 11) is 0. The van der Waals surface area contributed by atoms with Gasteiger partial charge in [-0.3, -0.25) is 9.69 Å². The Hall–Kier alpha value is -3.32. The smallest absolute Gasteiger partial charge is 0.253 e. The number of ether oxygens (including phenoxy) is 1. The van der Waals surface area contributed by atoms with Crippen LogP contribution in [0.2, 0.25) is 0 Å². The topological polar surface area (TPSA) is 64.7 Å². The molecule has 2 unspecified atom stereocenters. The number of benzene rings is 2. The van der Waals surface area contributed by atoms with Gasteiger partial charge in [-0.2, -0.15) is 0 Å². The van der Waals surface area contributed by atoms with Crippen molar-refractivity contribution < 1.29 is 9.53 Å². The van der Waals surface area contributed by atoms with Crippen molar-refractivity contribution in [2.75, 3.05) is 18.0 Å². The normalized spacial score (nSPS) is 22.9. The molecule has 3 aliphatic rings. The van der Waals surface area contributed by atoms with Crippen LogP contribution in [0.3, 0.4) is 0 Å². The Morgan fingerprint density at radius 2 is 1.77 bits per heavy atom. The first kappa shape index (κ1) is 22.2. The summed E-state index contributed by atoms with van der Waals surface area (Å²) in [5.74, 6) is 2.73. The van der Waals surface area contributed by atoms with Gasteiger partial charge < -0.3 is 19.5 Å². The van der Waals surface area contributed by atoms with E-state index in [2.05, 4.69) is 38.0 Å². The molecule has 0 spiro atoms. The summed E-state index contributed by atoms with van der Waals surface area (Å²) in [5, 5.41) is 0. The van der Waals surface area contributed by atoms with Crippen LogP contribution in [0.15, 0.2) is 54.9 Å². The number of para-hydroxylation sites is 2. The molecule has 0 aliphatic carbocycles. The Labute approximate surface area is 206 Å². The molecule has 1 aromatic heterocycles. The van der Waals surface area contributed by atoms with Crippen molar-refractivity contribution in [3.63, 3.8) is 0 Å². The number of hydrogen-bond acceptors (Lipinski definition) is 5. The molecule has 0 saturated carbocycles. The van der Waals surface area contributed by atoms with Crippen LogP contribution in [-0.4, -0.2) is 56.9 Å². The van der Waals surface area contributed by atoms with E-state index in [1.165, 1.54) is 12.8 Å². The molecule has 7 nitrogen and oxygen atoms in total. The van der Waals surface area contributed by atoms with Gasteiger partial charge in [-0.25, -0.2) is 4.98 Å². The van der Waals surface area contributed by atoms with E-state index in [0.717, 1.165) is 48.1 Å². The summed E-state index contributed by atoms with van der Waals surface area (Å²) < 4.78 is 6.36. The molecule has 2 saturated heterocycles. The van der Waals surface area contributed by atoms with E-state index in [1.807, 2.05) is 55.4 Å². The van der Waals surface area contributed by atoms with Crippen LogP contribution < -0.4 is 9.64 Å². The minimum atomic E-state index is 0.0519. The predicted molar refractivity (Wildman–Crippen MR) is 136 cm³/mol. The lowest BCUT2D eigenvalue weighted by atomic mass is 9.93. The third kappa shape index (κ3) is 3.88. The molecular formula is C28H33N5O2. The van der Waals surface area contributed by atoms with Crippen molar-refractivity contribution in [3.8, 4) is 11.5 Å². The summed E-state index contributed by atoms with van der Waals surface area (Å²) in [4.78, 5) is 27.7. The van der Waals surface area contributed by atoms with Crippen LogP contribution in [0.4, 0.5) is 11.4 Å². The van der Waals surface area contributed by atoms with Gasteiger partial charge in [-0.05, 0) is 69.9 Å². The van der Waals surface area contributed by atoms with Gasteiger partial charge in [0.2, 0.25) is 0 Å². The van der Waals surface area contributed by atoms with Gasteiger partial charge in [0.25, 0.3) is 5.91 Å². The number of amides is 1. The Morgan fingerprint density at radius 1 is 1.03 bits per heavy atom. The van der Waals surface area contributed by atoms with Crippen molar-refractivity contribution in [2.45, 2.75) is 64.2 Å². The maximum Gasteiger partial charge on any atom is 0.253 e. The second-order valence-corrected chi connectivity index (χ2v) is 9.82. The maximum atomic E-state index is 13.0. The number of carbonyl (C=O) groups is 1. The number of rotatable bonds is 6. The Bertz CT molecular complexity index is 1190. The second kappa shape index (κ2) is 9.04. The van der Waals surface area contributed by atoms with Crippen LogP contribution >= 0.6 is 0 Å². The highest BCUT2D eigenvalue weighted by Crippen LogP contribution is 2.51. The summed E-state index contributed by atoms with van der Waals surface area (Å²) >= 11 is 0. The van der Waals surface area contributed by atoms with E-state index in [1.54, 1.807) is 0 Å². The first-order chi connectivity index (χ1) is 17.2. The van der Waals surface area contributed by atoms with Crippen LogP contribution in [0.5, 0.6) is 11.5 Å². The van der Waals surface area contributed by atoms with Crippen LogP contribution in [0, 0.1) is 0 Å². The summed E-state index contributed by atoms with van der Waals surface area (Å²) in [6.07, 6.45) is 8.42. The average molecular weight is 472 g/mol. The van der Waals surface area contributed by atoms with Gasteiger partial charge in [-0.1, -0.05) is 12.1 Å². The third-order valence-electron chi connectivity index (χ3n) is 7.97. The highest BCUT2D eigenvalue weighted by molar-refractivity contribution is 5.96. The Morgan fingerprint density at radius 3 is 2.49 bits per heavy atom. The predicted octanol–water partition coefficient (Wildman–Crippen LogP) is 5.33. The summed E-state index contributed by atoms with van der Waals surface area (Å²) in [5.41, 5.74) is 2.86. The number of imidazole rings is 1. The molecular weight excluding hydrogens is 438 g/mol. The Balaban J connectivity index is 1.32. The molecule has 2 aromatic carbocycles. The number of piperidine rings is 1. The third-order valence-corrected chi connectivity index (χ3v) is 7.97. The molecule has 1 amide bonds. The molecule has 7 heteroatoms. The minimum Gasteiger partial charge on any atom is -0.453 e. The average Bonchev–Trinajstić information content (AvgIpc) is 3.47. The summed E-state index contributed by atoms with van der Waals surface area (Å²) in [6, 6.07) is 15.7. The SMILES string of the molecule is CCN(CC)C(=O)c1ccc2c(c1)Oc1ccccc1N2C1CC2CCC(C1)N2Cc1ncc[nH]1. The van der Waals surface area contributed by atoms with Crippen LogP contribution in [-0.2, 0) is 6.54 Å². The number of nitrogens with one attached hydrogen (secondary N) is 1. The molecule has 35 heavy (non-hydrogen) atoms. The first-order valence-electron chi connectivity index (χ1n) is 12.9. The Kier molecular flexibility index (Phi) is 5.72. The molecule has 182 valence electrons. The second-order valence-electron chi connectivity index (χ2n) is 9.82. The minimum absolute atomic E-state index is 0.0519. The zero-order valence-corrected chi connectivity index (χ0v) is 20.5. The van der Waals surface area contributed by atoms with Gasteiger partial charge in [-0.15, -0.1) is 0 Å². The van der Waals surface area contributed by atoms with Crippen molar-refractivity contribution in [1.29, 1.82) is 0 Å². The zero-order valence-electron chi connectivity index (χ0n) is 20.5. The summed E-state index contributed by atoms with van der Waals surface area (Å²) in [6.45, 7) is 6.31. The number of fused-ring (bicyclic) bond motifs is 4. The van der Waals surface area contributed by atoms with Gasteiger partial charge in [0.15, 0.2) is 11.5 Å². The molecule has 0 radical (unpaired) electrons. The number of aromatic amines is 1. The highest BCUT2D eigenvalue weighted by atomic mass is 16.5. The molecule has 6 rings (SSSR count). The van der Waals surface area contributed by atoms with E-state index in [0.29, 0.717) is 36.8 Å². The van der Waals surface area contributed by atoms with E-state index in [-0.39, 0.29) is 5.91 Å². The molecule has 3 aliphatic heterocycles. The fraction of sp³-hybridized carbons (Fsp3) is 0.429. The molecule has 3 aromatic rings. The maximum absolute atomic E-state index is 13.0. The van der Waals surface area contributed by atoms with Crippen molar-refractivity contribution >= 4 is 17.3 Å². The number of H-pyrrole nitrogens is 1. The zero-order chi connectivity index (χ0) is 23.9. The van der Waals surface area contributed by atoms with Crippen molar-refractivity contribution in [3.05, 3.63) is 66.2 Å². The number of carbonyl (C=O) groups excluding carboxylic acids is 1. The van der Waals surface area contributed by atoms with Gasteiger partial charge >= 0.3 is 0 Å². The monoisotopic (exact) mass is 471 g/mol. The lowest BCUT2D eigenvalue weighted by molar-refractivity contribution is 0.0772. The molecule has 2 atom stereocenters. The van der Waals surface area contributed by atoms with Gasteiger partial charge in [0.05, 0.1) is 17.9 Å². The van der Waals surface area contributed by atoms with E-state index >= 15 is 0 Å². The number of aromatic nitrogens is 2. The van der Waals surface area contributed by atoms with Crippen molar-refractivity contribution in [2.24, 2.45) is 0 Å². The van der Waals surface area contributed by atoms with Crippen LogP contribution in [0.1, 0.15) is 55.7 Å². The fourth-order valence-corrected chi connectivity index (χ4v) is 6.28. The first-order valence-corrected chi connectivity index (χ1v) is 12.9. The lowest BCUT2D eigenvalue weighted by Gasteiger charge is -2.45. The molecule has 2 fully saturated rings. The number of anilines is 2. The number of nitrogens with zero attached hydrogens (tertiary/aromatic N) is 4. The van der Waals surface area contributed by atoms with Crippen LogP contribution in [0.25, 0.3) is 0 Å². The molecule has 4 heterocycles. The fourth-order valence-electron chi connectivity index (χ4n) is 6.28. The van der Waals surface area contributed by atoms with Crippen molar-refractivity contribution in [1.82, 2.24) is 19.8 Å². The number of hydrogen-bond donors (Lipinski definition) is 1. The largest absolute Gasteiger partial charge is 0.453 e. The van der Waals surface area contributed by atoms with E-state index in [4.69, 9.17) is 4.74 Å². The van der Waals surface area contributed by atoms with Gasteiger partial charge in [0, 0.05) is 49.2 Å². The molecule has 2 bridgehead atoms. The van der Waals surface area contributed by atoms with E-state index < -0.39 is 0 Å². The van der Waals surface area contributed by atoms with E-state index in [9.17, 15) is 4.79 Å². The standard InChI is InChI=1S/C28H33N5O2/c1-3-31(4-2)28(34)19-9-12-24-26(15-19)35-25-8-6-5-7-23(25)33(24)22-16-20-10-11-21(17-22)32(20)18-27-29-13-14-30-27/h5-9,12-15,20-22H,3-4,10-11,16-18H2,1-2H3,(H,29,30). The molecule has 1 N–H and O–H groups in total. The van der Waals surface area contributed by atoms with Gasteiger partial charge in [0.1, 0.15) is 5.82 Å². The quantitative estimate of drug-likeness (QED) is 0.526.